The Bertz CT molecular complexity index is 997. The third kappa shape index (κ3) is 5.91. The summed E-state index contributed by atoms with van der Waals surface area (Å²) in [5.74, 6) is 4.09. The van der Waals surface area contributed by atoms with Crippen LogP contribution < -0.4 is 18.9 Å². The van der Waals surface area contributed by atoms with E-state index in [9.17, 15) is 4.79 Å². The number of nitrogens with zero attached hydrogens (tertiary/aromatic N) is 1. The second kappa shape index (κ2) is 12.4. The highest BCUT2D eigenvalue weighted by Gasteiger charge is 2.37. The lowest BCUT2D eigenvalue weighted by Crippen LogP contribution is -2.46. The number of carbonyl (C=O) groups is 1. The van der Waals surface area contributed by atoms with E-state index >= 15 is 0 Å². The highest BCUT2D eigenvalue weighted by atomic mass is 16.5. The zero-order valence-electron chi connectivity index (χ0n) is 22.3. The fourth-order valence-electron chi connectivity index (χ4n) is 5.74. The van der Waals surface area contributed by atoms with Crippen LogP contribution >= 0.6 is 0 Å². The first-order valence-corrected chi connectivity index (χ1v) is 13.4. The Hall–Kier alpha value is -2.89. The van der Waals surface area contributed by atoms with Gasteiger partial charge in [-0.3, -0.25) is 4.79 Å². The molecule has 0 aromatic heterocycles. The van der Waals surface area contributed by atoms with Gasteiger partial charge in [0.25, 0.3) is 0 Å². The summed E-state index contributed by atoms with van der Waals surface area (Å²) in [5, 5.41) is 0. The normalized spacial score (nSPS) is 21.4. The Balaban J connectivity index is 1.55. The van der Waals surface area contributed by atoms with Crippen molar-refractivity contribution in [3.05, 3.63) is 47.5 Å². The van der Waals surface area contributed by atoms with E-state index in [4.69, 9.17) is 18.9 Å². The number of hydrogen-bond donors (Lipinski definition) is 0. The minimum atomic E-state index is -0.180. The van der Waals surface area contributed by atoms with Crippen molar-refractivity contribution in [1.29, 1.82) is 0 Å². The summed E-state index contributed by atoms with van der Waals surface area (Å²) in [6, 6.07) is 11.5. The molecule has 1 saturated carbocycles. The zero-order valence-corrected chi connectivity index (χ0v) is 22.3. The Morgan fingerprint density at radius 1 is 0.917 bits per heavy atom. The van der Waals surface area contributed by atoms with Crippen LogP contribution in [0.15, 0.2) is 36.4 Å². The Morgan fingerprint density at radius 2 is 1.58 bits per heavy atom. The van der Waals surface area contributed by atoms with Crippen molar-refractivity contribution in [2.75, 3.05) is 34.5 Å². The highest BCUT2D eigenvalue weighted by molar-refractivity contribution is 5.80. The molecule has 0 saturated heterocycles. The molecule has 2 aromatic rings. The van der Waals surface area contributed by atoms with E-state index in [1.165, 1.54) is 37.7 Å². The molecule has 0 N–H and O–H groups in total. The molecule has 2 aliphatic rings. The number of fused-ring (bicyclic) bond motifs is 1. The van der Waals surface area contributed by atoms with Crippen LogP contribution in [0.4, 0.5) is 0 Å². The second-order valence-electron chi connectivity index (χ2n) is 10.0. The number of methoxy groups -OCH3 is 3. The van der Waals surface area contributed by atoms with E-state index in [0.29, 0.717) is 18.9 Å². The van der Waals surface area contributed by atoms with Crippen LogP contribution in [0.3, 0.4) is 0 Å². The lowest BCUT2D eigenvalue weighted by atomic mass is 9.78. The lowest BCUT2D eigenvalue weighted by Gasteiger charge is -2.40. The Labute approximate surface area is 215 Å². The van der Waals surface area contributed by atoms with Gasteiger partial charge < -0.3 is 23.8 Å². The number of ether oxygens (including phenoxy) is 4. The van der Waals surface area contributed by atoms with Crippen LogP contribution in [-0.4, -0.2) is 45.3 Å². The molecule has 1 atom stereocenters. The average Bonchev–Trinajstić information content (AvgIpc) is 2.94. The number of amides is 1. The number of hydrogen-bond acceptors (Lipinski definition) is 5. The fraction of sp³-hybridized carbons (Fsp3) is 0.567. The highest BCUT2D eigenvalue weighted by Crippen LogP contribution is 2.40. The maximum atomic E-state index is 13.9. The molecule has 0 spiro atoms. The van der Waals surface area contributed by atoms with E-state index in [-0.39, 0.29) is 17.9 Å². The van der Waals surface area contributed by atoms with Crippen molar-refractivity contribution in [3.63, 3.8) is 0 Å². The van der Waals surface area contributed by atoms with E-state index in [1.54, 1.807) is 21.3 Å². The van der Waals surface area contributed by atoms with E-state index < -0.39 is 0 Å². The van der Waals surface area contributed by atoms with Gasteiger partial charge in [-0.25, -0.2) is 0 Å². The Morgan fingerprint density at radius 3 is 2.22 bits per heavy atom. The van der Waals surface area contributed by atoms with Crippen LogP contribution in [0, 0.1) is 11.8 Å². The molecular formula is C30H41NO5. The predicted molar refractivity (Wildman–Crippen MR) is 141 cm³/mol. The maximum absolute atomic E-state index is 13.9. The summed E-state index contributed by atoms with van der Waals surface area (Å²) in [7, 11) is 4.96. The van der Waals surface area contributed by atoms with E-state index in [2.05, 4.69) is 17.9 Å². The molecule has 1 heterocycles. The first kappa shape index (κ1) is 26.2. The molecule has 1 amide bonds. The summed E-state index contributed by atoms with van der Waals surface area (Å²) < 4.78 is 22.7. The van der Waals surface area contributed by atoms with Crippen LogP contribution in [0.2, 0.25) is 0 Å². The fourth-order valence-corrected chi connectivity index (χ4v) is 5.74. The third-order valence-corrected chi connectivity index (χ3v) is 7.91. The molecule has 4 rings (SSSR count). The minimum Gasteiger partial charge on any atom is -0.497 e. The first-order valence-electron chi connectivity index (χ1n) is 13.4. The molecule has 1 aliphatic carbocycles. The molecular weight excluding hydrogens is 454 g/mol. The van der Waals surface area contributed by atoms with Gasteiger partial charge in [0.15, 0.2) is 11.5 Å². The van der Waals surface area contributed by atoms with E-state index in [0.717, 1.165) is 48.0 Å². The van der Waals surface area contributed by atoms with Gasteiger partial charge in [0.1, 0.15) is 18.1 Å². The molecule has 1 aliphatic heterocycles. The van der Waals surface area contributed by atoms with Crippen molar-refractivity contribution >= 4 is 5.91 Å². The Kier molecular flexibility index (Phi) is 9.00. The summed E-state index contributed by atoms with van der Waals surface area (Å²) in [5.41, 5.74) is 2.26. The second-order valence-corrected chi connectivity index (χ2v) is 10.0. The van der Waals surface area contributed by atoms with Crippen LogP contribution in [0.5, 0.6) is 23.0 Å². The van der Waals surface area contributed by atoms with Crippen molar-refractivity contribution in [1.82, 2.24) is 4.90 Å². The largest absolute Gasteiger partial charge is 0.497 e. The standard InChI is InChI=1S/C30H41NO5/c1-5-6-7-21-8-10-22(11-9-21)30(32)31-17-16-23-18-28(34-3)29(35-4)19-26(23)27(31)20-36-25-14-12-24(33-2)13-15-25/h12-15,18-19,21-22,27H,5-11,16-17,20H2,1-4H3. The SMILES string of the molecule is CCCCC1CCC(C(=O)N2CCc3cc(OC)c(OC)cc3C2COc2ccc(OC)cc2)CC1. The van der Waals surface area contributed by atoms with Crippen molar-refractivity contribution < 1.29 is 23.7 Å². The molecule has 0 bridgehead atoms. The summed E-state index contributed by atoms with van der Waals surface area (Å²) in [6.07, 6.45) is 8.96. The molecule has 0 radical (unpaired) electrons. The summed E-state index contributed by atoms with van der Waals surface area (Å²) in [6.45, 7) is 3.32. The lowest BCUT2D eigenvalue weighted by molar-refractivity contribution is -0.140. The van der Waals surface area contributed by atoms with Gasteiger partial charge in [-0.05, 0) is 85.5 Å². The third-order valence-electron chi connectivity index (χ3n) is 7.91. The molecule has 1 fully saturated rings. The van der Waals surface area contributed by atoms with Gasteiger partial charge in [0.05, 0.1) is 27.4 Å². The average molecular weight is 496 g/mol. The molecule has 6 heteroatoms. The van der Waals surface area contributed by atoms with E-state index in [1.807, 2.05) is 30.3 Å². The van der Waals surface area contributed by atoms with Crippen molar-refractivity contribution in [2.45, 2.75) is 64.3 Å². The maximum Gasteiger partial charge on any atom is 0.226 e. The molecule has 196 valence electrons. The summed E-state index contributed by atoms with van der Waals surface area (Å²) >= 11 is 0. The monoisotopic (exact) mass is 495 g/mol. The van der Waals surface area contributed by atoms with Crippen molar-refractivity contribution in [3.8, 4) is 23.0 Å². The van der Waals surface area contributed by atoms with Gasteiger partial charge in [-0.15, -0.1) is 0 Å². The van der Waals surface area contributed by atoms with Crippen LogP contribution in [0.25, 0.3) is 0 Å². The van der Waals surface area contributed by atoms with Gasteiger partial charge in [0.2, 0.25) is 5.91 Å². The molecule has 36 heavy (non-hydrogen) atoms. The number of rotatable bonds is 10. The molecule has 6 nitrogen and oxygen atoms in total. The predicted octanol–water partition coefficient (Wildman–Crippen LogP) is 6.21. The number of benzene rings is 2. The van der Waals surface area contributed by atoms with Gasteiger partial charge in [-0.1, -0.05) is 26.2 Å². The molecule has 2 aromatic carbocycles. The topological polar surface area (TPSA) is 57.2 Å². The van der Waals surface area contributed by atoms with Gasteiger partial charge in [0, 0.05) is 12.5 Å². The zero-order chi connectivity index (χ0) is 25.5. The summed E-state index contributed by atoms with van der Waals surface area (Å²) in [4.78, 5) is 15.9. The quantitative estimate of drug-likeness (QED) is 0.392. The number of unbranched alkanes of at least 4 members (excludes halogenated alkanes) is 1. The number of carbonyl (C=O) groups excluding carboxylic acids is 1. The van der Waals surface area contributed by atoms with Gasteiger partial charge in [-0.2, -0.15) is 0 Å². The van der Waals surface area contributed by atoms with Crippen LogP contribution in [0.1, 0.15) is 69.0 Å². The first-order chi connectivity index (χ1) is 17.6. The molecule has 1 unspecified atom stereocenters. The van der Waals surface area contributed by atoms with Crippen molar-refractivity contribution in [2.24, 2.45) is 11.8 Å². The smallest absolute Gasteiger partial charge is 0.226 e. The van der Waals surface area contributed by atoms with Gasteiger partial charge >= 0.3 is 0 Å². The minimum absolute atomic E-state index is 0.105. The van der Waals surface area contributed by atoms with Crippen LogP contribution in [-0.2, 0) is 11.2 Å².